The first-order valence-corrected chi connectivity index (χ1v) is 10.9. The number of benzene rings is 1. The van der Waals surface area contributed by atoms with E-state index in [0.717, 1.165) is 30.5 Å². The van der Waals surface area contributed by atoms with Crippen LogP contribution in [0.3, 0.4) is 0 Å². The summed E-state index contributed by atoms with van der Waals surface area (Å²) in [6.45, 7) is 7.37. The van der Waals surface area contributed by atoms with Crippen molar-refractivity contribution in [2.45, 2.75) is 51.0 Å². The molecule has 0 spiro atoms. The molecule has 2 heterocycles. The second-order valence-electron chi connectivity index (χ2n) is 8.58. The SMILES string of the molecule is CC1(C)CC2CC(C)(CN2S(=O)(=O)c2ccc(-c3csnn3)cc2)C1. The Balaban J connectivity index is 1.64. The van der Waals surface area contributed by atoms with Crippen LogP contribution in [0.5, 0.6) is 0 Å². The Bertz CT molecular complexity index is 876. The minimum atomic E-state index is -3.47. The highest BCUT2D eigenvalue weighted by atomic mass is 32.2. The summed E-state index contributed by atoms with van der Waals surface area (Å²) in [5, 5.41) is 5.89. The number of hydrogen-bond donors (Lipinski definition) is 0. The van der Waals surface area contributed by atoms with E-state index in [0.29, 0.717) is 11.4 Å². The lowest BCUT2D eigenvalue weighted by Gasteiger charge is -2.39. The van der Waals surface area contributed by atoms with Crippen molar-refractivity contribution in [2.75, 3.05) is 6.54 Å². The molecule has 2 aromatic rings. The van der Waals surface area contributed by atoms with Crippen molar-refractivity contribution in [3.05, 3.63) is 29.6 Å². The van der Waals surface area contributed by atoms with Gasteiger partial charge in [0.1, 0.15) is 5.69 Å². The van der Waals surface area contributed by atoms with Gasteiger partial charge >= 0.3 is 0 Å². The van der Waals surface area contributed by atoms with Crippen molar-refractivity contribution in [1.29, 1.82) is 0 Å². The van der Waals surface area contributed by atoms with Gasteiger partial charge in [-0.15, -0.1) is 5.10 Å². The lowest BCUT2D eigenvalue weighted by atomic mass is 9.65. The number of sulfonamides is 1. The predicted molar refractivity (Wildman–Crippen MR) is 98.8 cm³/mol. The van der Waals surface area contributed by atoms with E-state index in [9.17, 15) is 8.42 Å². The minimum Gasteiger partial charge on any atom is -0.207 e. The van der Waals surface area contributed by atoms with Gasteiger partial charge in [0, 0.05) is 23.5 Å². The third-order valence-electron chi connectivity index (χ3n) is 5.48. The largest absolute Gasteiger partial charge is 0.243 e. The molecule has 0 radical (unpaired) electrons. The molecule has 25 heavy (non-hydrogen) atoms. The van der Waals surface area contributed by atoms with Crippen LogP contribution in [0.4, 0.5) is 0 Å². The summed E-state index contributed by atoms with van der Waals surface area (Å²) in [5.74, 6) is 0. The highest BCUT2D eigenvalue weighted by Crippen LogP contribution is 2.53. The summed E-state index contributed by atoms with van der Waals surface area (Å²) in [6, 6.07) is 7.13. The Hall–Kier alpha value is -1.31. The van der Waals surface area contributed by atoms with E-state index in [4.69, 9.17) is 0 Å². The third-order valence-corrected chi connectivity index (χ3v) is 7.90. The van der Waals surface area contributed by atoms with E-state index in [1.54, 1.807) is 16.4 Å². The van der Waals surface area contributed by atoms with Crippen LogP contribution in [0.25, 0.3) is 11.3 Å². The number of rotatable bonds is 3. The van der Waals surface area contributed by atoms with Gasteiger partial charge in [-0.25, -0.2) is 8.42 Å². The summed E-state index contributed by atoms with van der Waals surface area (Å²) in [6.07, 6.45) is 2.99. The first kappa shape index (κ1) is 17.1. The number of fused-ring (bicyclic) bond motifs is 2. The van der Waals surface area contributed by atoms with Crippen LogP contribution >= 0.6 is 11.5 Å². The Morgan fingerprint density at radius 2 is 1.88 bits per heavy atom. The van der Waals surface area contributed by atoms with Crippen molar-refractivity contribution in [1.82, 2.24) is 13.9 Å². The molecule has 7 heteroatoms. The molecule has 134 valence electrons. The summed E-state index contributed by atoms with van der Waals surface area (Å²) in [5.41, 5.74) is 1.95. The molecule has 2 aliphatic rings. The monoisotopic (exact) mass is 377 g/mol. The zero-order valence-corrected chi connectivity index (χ0v) is 16.4. The molecular weight excluding hydrogens is 354 g/mol. The van der Waals surface area contributed by atoms with Gasteiger partial charge in [-0.05, 0) is 53.8 Å². The maximum Gasteiger partial charge on any atom is 0.243 e. The highest BCUT2D eigenvalue weighted by Gasteiger charge is 2.53. The summed E-state index contributed by atoms with van der Waals surface area (Å²) >= 11 is 1.29. The molecule has 1 aliphatic heterocycles. The summed E-state index contributed by atoms with van der Waals surface area (Å²) in [7, 11) is -3.47. The maximum absolute atomic E-state index is 13.2. The van der Waals surface area contributed by atoms with E-state index < -0.39 is 10.0 Å². The summed E-state index contributed by atoms with van der Waals surface area (Å²) in [4.78, 5) is 0.369. The molecule has 5 nitrogen and oxygen atoms in total. The predicted octanol–water partition coefficient (Wildman–Crippen LogP) is 3.79. The number of nitrogens with zero attached hydrogens (tertiary/aromatic N) is 3. The molecule has 1 saturated heterocycles. The zero-order chi connectivity index (χ0) is 17.9. The highest BCUT2D eigenvalue weighted by molar-refractivity contribution is 7.89. The van der Waals surface area contributed by atoms with Crippen LogP contribution in [0.1, 0.15) is 40.0 Å². The van der Waals surface area contributed by atoms with Crippen molar-refractivity contribution in [3.63, 3.8) is 0 Å². The second-order valence-corrected chi connectivity index (χ2v) is 11.1. The van der Waals surface area contributed by atoms with Crippen LogP contribution in [0.15, 0.2) is 34.5 Å². The number of aromatic nitrogens is 2. The molecule has 1 aromatic heterocycles. The lowest BCUT2D eigenvalue weighted by Crippen LogP contribution is -2.37. The molecule has 0 N–H and O–H groups in total. The Morgan fingerprint density at radius 3 is 2.52 bits per heavy atom. The average molecular weight is 378 g/mol. The third kappa shape index (κ3) is 3.02. The molecule has 1 aromatic carbocycles. The second kappa shape index (κ2) is 5.59. The van der Waals surface area contributed by atoms with E-state index in [1.165, 1.54) is 11.5 Å². The van der Waals surface area contributed by atoms with E-state index in [-0.39, 0.29) is 16.9 Å². The Labute approximate surface area is 153 Å². The molecule has 0 amide bonds. The van der Waals surface area contributed by atoms with Crippen LogP contribution in [0, 0.1) is 10.8 Å². The van der Waals surface area contributed by atoms with Gasteiger partial charge < -0.3 is 0 Å². The maximum atomic E-state index is 13.2. The molecular formula is C18H23N3O2S2. The van der Waals surface area contributed by atoms with Crippen LogP contribution in [-0.2, 0) is 10.0 Å². The van der Waals surface area contributed by atoms with Gasteiger partial charge in [-0.2, -0.15) is 4.31 Å². The van der Waals surface area contributed by atoms with Crippen molar-refractivity contribution in [3.8, 4) is 11.3 Å². The van der Waals surface area contributed by atoms with Crippen molar-refractivity contribution < 1.29 is 8.42 Å². The number of hydrogen-bond acceptors (Lipinski definition) is 5. The van der Waals surface area contributed by atoms with Crippen molar-refractivity contribution >= 4 is 21.6 Å². The minimum absolute atomic E-state index is 0.0890. The normalized spacial score (nSPS) is 29.0. The van der Waals surface area contributed by atoms with Gasteiger partial charge in [-0.3, -0.25) is 0 Å². The van der Waals surface area contributed by atoms with Gasteiger partial charge in [0.25, 0.3) is 0 Å². The summed E-state index contributed by atoms with van der Waals surface area (Å²) < 4.78 is 32.1. The van der Waals surface area contributed by atoms with E-state index in [1.807, 2.05) is 17.5 Å². The van der Waals surface area contributed by atoms with E-state index >= 15 is 0 Å². The van der Waals surface area contributed by atoms with Crippen molar-refractivity contribution in [2.24, 2.45) is 10.8 Å². The Morgan fingerprint density at radius 1 is 1.16 bits per heavy atom. The zero-order valence-electron chi connectivity index (χ0n) is 14.8. The quantitative estimate of drug-likeness (QED) is 0.816. The topological polar surface area (TPSA) is 63.2 Å². The molecule has 1 aliphatic carbocycles. The first-order chi connectivity index (χ1) is 11.7. The molecule has 1 saturated carbocycles. The molecule has 2 fully saturated rings. The van der Waals surface area contributed by atoms with Crippen LogP contribution in [-0.4, -0.2) is 34.9 Å². The van der Waals surface area contributed by atoms with Crippen LogP contribution in [0.2, 0.25) is 0 Å². The first-order valence-electron chi connectivity index (χ1n) is 8.58. The fourth-order valence-electron chi connectivity index (χ4n) is 4.91. The van der Waals surface area contributed by atoms with Gasteiger partial charge in [0.05, 0.1) is 4.90 Å². The van der Waals surface area contributed by atoms with Gasteiger partial charge in [0.2, 0.25) is 10.0 Å². The molecule has 2 unspecified atom stereocenters. The molecule has 2 bridgehead atoms. The fraction of sp³-hybridized carbons (Fsp3) is 0.556. The average Bonchev–Trinajstić information content (AvgIpc) is 3.13. The van der Waals surface area contributed by atoms with Crippen LogP contribution < -0.4 is 0 Å². The smallest absolute Gasteiger partial charge is 0.207 e. The van der Waals surface area contributed by atoms with E-state index in [2.05, 4.69) is 30.4 Å². The van der Waals surface area contributed by atoms with Gasteiger partial charge in [-0.1, -0.05) is 37.4 Å². The lowest BCUT2D eigenvalue weighted by molar-refractivity contribution is 0.133. The molecule has 4 rings (SSSR count). The molecule has 2 atom stereocenters. The Kier molecular flexibility index (Phi) is 3.83. The fourth-order valence-corrected chi connectivity index (χ4v) is 7.15. The standard InChI is InChI=1S/C18H23N3O2S2/c1-17(2)8-14-9-18(3,11-17)12-21(14)25(22,23)15-6-4-13(5-7-15)16-10-24-20-19-16/h4-7,10,14H,8-9,11-12H2,1-3H3. The van der Waals surface area contributed by atoms with Gasteiger partial charge in [0.15, 0.2) is 0 Å².